The van der Waals surface area contributed by atoms with Gasteiger partial charge < -0.3 is 0 Å². The highest BCUT2D eigenvalue weighted by atomic mass is 35.5. The highest BCUT2D eigenvalue weighted by Gasteiger charge is 2.40. The van der Waals surface area contributed by atoms with Crippen LogP contribution in [0.5, 0.6) is 0 Å². The fraction of sp³-hybridized carbons (Fsp3) is 0.364. The topological polar surface area (TPSA) is 17.1 Å². The molecule has 0 aliphatic carbocycles. The van der Waals surface area contributed by atoms with Crippen molar-refractivity contribution in [1.29, 1.82) is 0 Å². The van der Waals surface area contributed by atoms with Crippen molar-refractivity contribution in [1.82, 2.24) is 0 Å². The molecule has 1 nitrogen and oxygen atoms in total. The Morgan fingerprint density at radius 2 is 1.63 bits per heavy atom. The summed E-state index contributed by atoms with van der Waals surface area (Å²) < 4.78 is 75.7. The Labute approximate surface area is 109 Å². The van der Waals surface area contributed by atoms with Crippen molar-refractivity contribution >= 4 is 16.8 Å². The first-order valence-corrected chi connectivity index (χ1v) is 5.37. The summed E-state index contributed by atoms with van der Waals surface area (Å²) in [5, 5.41) is -1.43. The van der Waals surface area contributed by atoms with Crippen molar-refractivity contribution in [3.05, 3.63) is 34.4 Å². The number of carbonyl (C=O) groups excluding carboxylic acids is 1. The molecule has 0 aromatic heterocycles. The standard InChI is InChI=1S/C11H7ClF6O/c1-2-5-3-6(10(13,14)15)4-7(11(16,17)18)8(5)9(12)19/h3-4H,2H2,1H3. The molecule has 0 heterocycles. The predicted octanol–water partition coefficient (Wildman–Crippen LogP) is 4.67. The SMILES string of the molecule is CCc1cc(C(F)(F)F)cc(C(F)(F)F)c1C(=O)Cl. The molecule has 0 bridgehead atoms. The molecule has 0 radical (unpaired) electrons. The summed E-state index contributed by atoms with van der Waals surface area (Å²) in [7, 11) is 0. The Morgan fingerprint density at radius 1 is 1.11 bits per heavy atom. The maximum absolute atomic E-state index is 12.7. The number of carbonyl (C=O) groups is 1. The van der Waals surface area contributed by atoms with Gasteiger partial charge in [0, 0.05) is 5.56 Å². The maximum atomic E-state index is 12.7. The molecule has 0 fully saturated rings. The van der Waals surface area contributed by atoms with Crippen molar-refractivity contribution in [2.24, 2.45) is 0 Å². The number of rotatable bonds is 2. The number of hydrogen-bond acceptors (Lipinski definition) is 1. The molecule has 0 amide bonds. The van der Waals surface area contributed by atoms with E-state index in [-0.39, 0.29) is 18.1 Å². The summed E-state index contributed by atoms with van der Waals surface area (Å²) in [6.07, 6.45) is -10.2. The summed E-state index contributed by atoms with van der Waals surface area (Å²) >= 11 is 5.04. The minimum atomic E-state index is -5.09. The van der Waals surface area contributed by atoms with Gasteiger partial charge in [-0.15, -0.1) is 0 Å². The minimum Gasteiger partial charge on any atom is -0.276 e. The van der Waals surface area contributed by atoms with E-state index in [2.05, 4.69) is 0 Å². The quantitative estimate of drug-likeness (QED) is 0.573. The number of halogens is 7. The van der Waals surface area contributed by atoms with Crippen molar-refractivity contribution in [2.75, 3.05) is 0 Å². The molecule has 0 spiro atoms. The van der Waals surface area contributed by atoms with Crippen LogP contribution < -0.4 is 0 Å². The minimum absolute atomic E-state index is 0.102. The first-order chi connectivity index (χ1) is 8.48. The first-order valence-electron chi connectivity index (χ1n) is 4.99. The van der Waals surface area contributed by atoms with Crippen LogP contribution in [-0.4, -0.2) is 5.24 Å². The smallest absolute Gasteiger partial charge is 0.276 e. The predicted molar refractivity (Wildman–Crippen MR) is 56.0 cm³/mol. The van der Waals surface area contributed by atoms with Crippen LogP contribution in [0.1, 0.15) is 34.0 Å². The van der Waals surface area contributed by atoms with Gasteiger partial charge in [0.2, 0.25) is 0 Å². The van der Waals surface area contributed by atoms with E-state index in [1.165, 1.54) is 6.92 Å². The Bertz CT molecular complexity index is 503. The van der Waals surface area contributed by atoms with Gasteiger partial charge in [-0.05, 0) is 35.7 Å². The van der Waals surface area contributed by atoms with Gasteiger partial charge in [0.25, 0.3) is 5.24 Å². The zero-order valence-corrected chi connectivity index (χ0v) is 10.2. The van der Waals surface area contributed by atoms with E-state index in [0.717, 1.165) is 0 Å². The number of alkyl halides is 6. The highest BCUT2D eigenvalue weighted by molar-refractivity contribution is 6.68. The molecule has 1 rings (SSSR count). The molecule has 0 aliphatic rings. The van der Waals surface area contributed by atoms with E-state index in [1.54, 1.807) is 0 Å². The van der Waals surface area contributed by atoms with Crippen LogP contribution in [0.4, 0.5) is 26.3 Å². The normalized spacial score (nSPS) is 12.6. The molecular formula is C11H7ClF6O. The van der Waals surface area contributed by atoms with Gasteiger partial charge in [-0.3, -0.25) is 4.79 Å². The van der Waals surface area contributed by atoms with Crippen molar-refractivity contribution in [2.45, 2.75) is 25.7 Å². The fourth-order valence-corrected chi connectivity index (χ4v) is 1.82. The molecule has 0 atom stereocenters. The van der Waals surface area contributed by atoms with E-state index >= 15 is 0 Å². The fourth-order valence-electron chi connectivity index (χ4n) is 1.60. The Balaban J connectivity index is 3.70. The van der Waals surface area contributed by atoms with Gasteiger partial charge in [-0.2, -0.15) is 26.3 Å². The molecule has 0 saturated heterocycles. The van der Waals surface area contributed by atoms with E-state index in [0.29, 0.717) is 6.07 Å². The van der Waals surface area contributed by atoms with Crippen LogP contribution in [-0.2, 0) is 18.8 Å². The zero-order valence-electron chi connectivity index (χ0n) is 9.42. The van der Waals surface area contributed by atoms with Crippen LogP contribution in [0, 0.1) is 0 Å². The molecular weight excluding hydrogens is 298 g/mol. The lowest BCUT2D eigenvalue weighted by Crippen LogP contribution is -2.17. The van der Waals surface area contributed by atoms with E-state index in [1.807, 2.05) is 0 Å². The summed E-state index contributed by atoms with van der Waals surface area (Å²) in [5.74, 6) is 0. The van der Waals surface area contributed by atoms with Gasteiger partial charge in [0.15, 0.2) is 0 Å². The summed E-state index contributed by atoms with van der Waals surface area (Å²) in [5.41, 5.74) is -4.44. The second kappa shape index (κ2) is 5.03. The average molecular weight is 305 g/mol. The number of benzene rings is 1. The second-order valence-corrected chi connectivity index (χ2v) is 4.02. The number of aryl methyl sites for hydroxylation is 1. The van der Waals surface area contributed by atoms with Crippen LogP contribution in [0.2, 0.25) is 0 Å². The lowest BCUT2D eigenvalue weighted by atomic mass is 9.96. The molecule has 0 aliphatic heterocycles. The Morgan fingerprint density at radius 3 is 1.95 bits per heavy atom. The lowest BCUT2D eigenvalue weighted by Gasteiger charge is -2.17. The van der Waals surface area contributed by atoms with Crippen molar-refractivity contribution in [3.8, 4) is 0 Å². The van der Waals surface area contributed by atoms with E-state index in [4.69, 9.17) is 11.6 Å². The van der Waals surface area contributed by atoms with Crippen molar-refractivity contribution in [3.63, 3.8) is 0 Å². The molecule has 0 unspecified atom stereocenters. The third kappa shape index (κ3) is 3.40. The summed E-state index contributed by atoms with van der Waals surface area (Å²) in [4.78, 5) is 11.0. The maximum Gasteiger partial charge on any atom is 0.417 e. The molecule has 106 valence electrons. The summed E-state index contributed by atoms with van der Waals surface area (Å²) in [6.45, 7) is 1.33. The van der Waals surface area contributed by atoms with Crippen molar-refractivity contribution < 1.29 is 31.1 Å². The largest absolute Gasteiger partial charge is 0.417 e. The molecule has 19 heavy (non-hydrogen) atoms. The van der Waals surface area contributed by atoms with Gasteiger partial charge in [-0.1, -0.05) is 6.92 Å². The first kappa shape index (κ1) is 15.8. The van der Waals surface area contributed by atoms with Crippen LogP contribution in [0.15, 0.2) is 12.1 Å². The van der Waals surface area contributed by atoms with Gasteiger partial charge in [0.1, 0.15) is 0 Å². The third-order valence-corrected chi connectivity index (χ3v) is 2.62. The van der Waals surface area contributed by atoms with Crippen LogP contribution in [0.25, 0.3) is 0 Å². The average Bonchev–Trinajstić information content (AvgIpc) is 2.24. The van der Waals surface area contributed by atoms with Gasteiger partial charge >= 0.3 is 12.4 Å². The molecule has 1 aromatic rings. The molecule has 0 saturated carbocycles. The van der Waals surface area contributed by atoms with Crippen LogP contribution in [0.3, 0.4) is 0 Å². The summed E-state index contributed by atoms with van der Waals surface area (Å²) in [6, 6.07) is 0.402. The highest BCUT2D eigenvalue weighted by Crippen LogP contribution is 2.39. The Hall–Kier alpha value is -1.24. The molecule has 0 N–H and O–H groups in total. The van der Waals surface area contributed by atoms with E-state index in [9.17, 15) is 31.1 Å². The molecule has 8 heteroatoms. The van der Waals surface area contributed by atoms with Gasteiger partial charge in [0.05, 0.1) is 11.1 Å². The monoisotopic (exact) mass is 304 g/mol. The van der Waals surface area contributed by atoms with E-state index < -0.39 is 34.3 Å². The van der Waals surface area contributed by atoms with Crippen LogP contribution >= 0.6 is 11.6 Å². The zero-order chi connectivity index (χ0) is 15.0. The van der Waals surface area contributed by atoms with Gasteiger partial charge in [-0.25, -0.2) is 0 Å². The second-order valence-electron chi connectivity index (χ2n) is 3.68. The number of hydrogen-bond donors (Lipinski definition) is 0. The Kier molecular flexibility index (Phi) is 4.19. The third-order valence-electron chi connectivity index (χ3n) is 2.43. The molecule has 1 aromatic carbocycles. The lowest BCUT2D eigenvalue weighted by molar-refractivity contribution is -0.143.